The van der Waals surface area contributed by atoms with E-state index in [1.165, 1.54) is 12.8 Å². The van der Waals surface area contributed by atoms with Crippen molar-refractivity contribution in [1.82, 2.24) is 15.2 Å². The van der Waals surface area contributed by atoms with Gasteiger partial charge in [0, 0.05) is 30.9 Å². The summed E-state index contributed by atoms with van der Waals surface area (Å²) in [5.74, 6) is 0.0961. The van der Waals surface area contributed by atoms with Crippen LogP contribution in [0, 0.1) is 0 Å². The molecule has 20 heavy (non-hydrogen) atoms. The van der Waals surface area contributed by atoms with Crippen LogP contribution >= 0.6 is 0 Å². The van der Waals surface area contributed by atoms with Gasteiger partial charge >= 0.3 is 0 Å². The largest absolute Gasteiger partial charge is 0.334 e. The molecule has 3 heterocycles. The molecule has 2 unspecified atom stereocenters. The molecule has 2 atom stereocenters. The normalized spacial score (nSPS) is 28.4. The van der Waals surface area contributed by atoms with E-state index in [9.17, 15) is 4.79 Å². The fourth-order valence-corrected chi connectivity index (χ4v) is 3.61. The molecule has 1 amide bonds. The van der Waals surface area contributed by atoms with E-state index in [2.05, 4.69) is 22.1 Å². The van der Waals surface area contributed by atoms with Gasteiger partial charge in [-0.1, -0.05) is 13.0 Å². The predicted molar refractivity (Wildman–Crippen MR) is 78.5 cm³/mol. The minimum absolute atomic E-state index is 0.0961. The first-order valence-electron chi connectivity index (χ1n) is 7.76. The zero-order valence-electron chi connectivity index (χ0n) is 12.1. The lowest BCUT2D eigenvalue weighted by Crippen LogP contribution is -2.50. The Labute approximate surface area is 120 Å². The second-order valence-corrected chi connectivity index (χ2v) is 5.98. The minimum Gasteiger partial charge on any atom is -0.334 e. The van der Waals surface area contributed by atoms with Crippen molar-refractivity contribution in [3.63, 3.8) is 0 Å². The number of carbonyl (C=O) groups excluding carboxylic acids is 1. The average Bonchev–Trinajstić information content (AvgIpc) is 2.83. The Morgan fingerprint density at radius 2 is 2.10 bits per heavy atom. The number of rotatable bonds is 4. The summed E-state index contributed by atoms with van der Waals surface area (Å²) in [6.45, 7) is 2.97. The third-order valence-corrected chi connectivity index (χ3v) is 4.50. The molecule has 3 rings (SSSR count). The van der Waals surface area contributed by atoms with Crippen molar-refractivity contribution in [2.45, 2.75) is 57.2 Å². The average molecular weight is 273 g/mol. The molecule has 2 saturated heterocycles. The number of piperidine rings is 1. The molecule has 1 aromatic heterocycles. The topological polar surface area (TPSA) is 45.2 Å². The second-order valence-electron chi connectivity index (χ2n) is 5.98. The van der Waals surface area contributed by atoms with Gasteiger partial charge < -0.3 is 10.2 Å². The first kappa shape index (κ1) is 13.6. The number of amides is 1. The van der Waals surface area contributed by atoms with Crippen LogP contribution < -0.4 is 5.32 Å². The Bertz CT molecular complexity index is 450. The van der Waals surface area contributed by atoms with E-state index in [0.29, 0.717) is 23.8 Å². The molecule has 0 spiro atoms. The van der Waals surface area contributed by atoms with Gasteiger partial charge in [0.2, 0.25) is 0 Å². The van der Waals surface area contributed by atoms with Crippen molar-refractivity contribution in [3.8, 4) is 0 Å². The van der Waals surface area contributed by atoms with Crippen molar-refractivity contribution < 1.29 is 4.79 Å². The molecule has 108 valence electrons. The number of pyridine rings is 1. The Morgan fingerprint density at radius 1 is 1.35 bits per heavy atom. The smallest absolute Gasteiger partial charge is 0.272 e. The number of hydrogen-bond donors (Lipinski definition) is 1. The first-order chi connectivity index (χ1) is 9.78. The monoisotopic (exact) mass is 273 g/mol. The summed E-state index contributed by atoms with van der Waals surface area (Å²) in [6, 6.07) is 7.15. The summed E-state index contributed by atoms with van der Waals surface area (Å²) >= 11 is 0. The molecule has 0 saturated carbocycles. The van der Waals surface area contributed by atoms with Gasteiger partial charge in [0.25, 0.3) is 5.91 Å². The zero-order valence-corrected chi connectivity index (χ0v) is 12.1. The van der Waals surface area contributed by atoms with Crippen LogP contribution in [0.3, 0.4) is 0 Å². The fourth-order valence-electron chi connectivity index (χ4n) is 3.61. The highest BCUT2D eigenvalue weighted by Gasteiger charge is 2.37. The number of nitrogens with zero attached hydrogens (tertiary/aromatic N) is 2. The Hall–Kier alpha value is -1.42. The molecule has 4 nitrogen and oxygen atoms in total. The highest BCUT2D eigenvalue weighted by atomic mass is 16.2. The molecule has 2 fully saturated rings. The van der Waals surface area contributed by atoms with Crippen molar-refractivity contribution >= 4 is 5.91 Å². The van der Waals surface area contributed by atoms with Crippen LogP contribution in [0.4, 0.5) is 0 Å². The Morgan fingerprint density at radius 3 is 2.70 bits per heavy atom. The maximum absolute atomic E-state index is 12.7. The van der Waals surface area contributed by atoms with Crippen LogP contribution in [0.1, 0.15) is 49.5 Å². The van der Waals surface area contributed by atoms with Crippen LogP contribution in [-0.2, 0) is 0 Å². The summed E-state index contributed by atoms with van der Waals surface area (Å²) in [7, 11) is 0. The molecule has 1 aromatic rings. The van der Waals surface area contributed by atoms with Crippen molar-refractivity contribution in [2.24, 2.45) is 0 Å². The molecule has 2 aliphatic rings. The second kappa shape index (κ2) is 5.92. The fraction of sp³-hybridized carbons (Fsp3) is 0.625. The summed E-state index contributed by atoms with van der Waals surface area (Å²) in [5, 5.41) is 3.64. The van der Waals surface area contributed by atoms with Gasteiger partial charge in [-0.15, -0.1) is 0 Å². The van der Waals surface area contributed by atoms with Crippen LogP contribution in [0.2, 0.25) is 0 Å². The van der Waals surface area contributed by atoms with Crippen LogP contribution in [-0.4, -0.2) is 40.5 Å². The van der Waals surface area contributed by atoms with Gasteiger partial charge in [0.05, 0.1) is 0 Å². The van der Waals surface area contributed by atoms with Crippen molar-refractivity contribution in [3.05, 3.63) is 30.1 Å². The Balaban J connectivity index is 1.77. The van der Waals surface area contributed by atoms with Crippen molar-refractivity contribution in [2.75, 3.05) is 6.54 Å². The summed E-state index contributed by atoms with van der Waals surface area (Å²) in [6.07, 6.45) is 7.41. The standard InChI is InChI=1S/C16H23N3O/c1-2-9-19(16(20)15-5-3-4-8-17-15)14-10-12-6-7-13(11-14)18-12/h3-5,8,12-14,18H,2,6-7,9-11H2,1H3. The number of fused-ring (bicyclic) bond motifs is 2. The Kier molecular flexibility index (Phi) is 4.01. The number of aromatic nitrogens is 1. The van der Waals surface area contributed by atoms with Gasteiger partial charge in [-0.05, 0) is 44.2 Å². The lowest BCUT2D eigenvalue weighted by Gasteiger charge is -2.37. The molecule has 2 aliphatic heterocycles. The molecule has 4 heteroatoms. The number of carbonyl (C=O) groups is 1. The molecule has 2 bridgehead atoms. The van der Waals surface area contributed by atoms with E-state index in [0.717, 1.165) is 25.8 Å². The minimum atomic E-state index is 0.0961. The lowest BCUT2D eigenvalue weighted by atomic mass is 9.97. The molecule has 1 N–H and O–H groups in total. The molecule has 0 radical (unpaired) electrons. The quantitative estimate of drug-likeness (QED) is 0.915. The molecular formula is C16H23N3O. The van der Waals surface area contributed by atoms with E-state index in [4.69, 9.17) is 0 Å². The predicted octanol–water partition coefficient (Wildman–Crippen LogP) is 2.22. The van der Waals surface area contributed by atoms with E-state index in [1.807, 2.05) is 18.2 Å². The van der Waals surface area contributed by atoms with E-state index < -0.39 is 0 Å². The van der Waals surface area contributed by atoms with Gasteiger partial charge in [-0.2, -0.15) is 0 Å². The molecule has 0 aromatic carbocycles. The third kappa shape index (κ3) is 2.70. The first-order valence-corrected chi connectivity index (χ1v) is 7.76. The van der Waals surface area contributed by atoms with Crippen LogP contribution in [0.5, 0.6) is 0 Å². The highest BCUT2D eigenvalue weighted by molar-refractivity contribution is 5.92. The molecule has 0 aliphatic carbocycles. The number of hydrogen-bond acceptors (Lipinski definition) is 3. The maximum atomic E-state index is 12.7. The summed E-state index contributed by atoms with van der Waals surface area (Å²) in [5.41, 5.74) is 0.576. The van der Waals surface area contributed by atoms with Crippen molar-refractivity contribution in [1.29, 1.82) is 0 Å². The van der Waals surface area contributed by atoms with E-state index >= 15 is 0 Å². The third-order valence-electron chi connectivity index (χ3n) is 4.50. The van der Waals surface area contributed by atoms with Gasteiger partial charge in [0.1, 0.15) is 5.69 Å². The van der Waals surface area contributed by atoms with Gasteiger partial charge in [-0.25, -0.2) is 0 Å². The van der Waals surface area contributed by atoms with E-state index in [1.54, 1.807) is 6.20 Å². The van der Waals surface area contributed by atoms with Crippen LogP contribution in [0.15, 0.2) is 24.4 Å². The molecular weight excluding hydrogens is 250 g/mol. The maximum Gasteiger partial charge on any atom is 0.272 e. The van der Waals surface area contributed by atoms with E-state index in [-0.39, 0.29) is 5.91 Å². The summed E-state index contributed by atoms with van der Waals surface area (Å²) in [4.78, 5) is 19.0. The lowest BCUT2D eigenvalue weighted by molar-refractivity contribution is 0.0610. The zero-order chi connectivity index (χ0) is 13.9. The number of nitrogens with one attached hydrogen (secondary N) is 1. The van der Waals surface area contributed by atoms with Gasteiger partial charge in [-0.3, -0.25) is 9.78 Å². The summed E-state index contributed by atoms with van der Waals surface area (Å²) < 4.78 is 0. The van der Waals surface area contributed by atoms with Gasteiger partial charge in [0.15, 0.2) is 0 Å². The SMILES string of the molecule is CCCN(C(=O)c1ccccn1)C1CC2CCC(C1)N2. The highest BCUT2D eigenvalue weighted by Crippen LogP contribution is 2.30. The van der Waals surface area contributed by atoms with Crippen LogP contribution in [0.25, 0.3) is 0 Å².